The molecular formula is C44H62N4P2Si2. The van der Waals surface area contributed by atoms with Gasteiger partial charge < -0.3 is 14.5 Å². The van der Waals surface area contributed by atoms with Crippen molar-refractivity contribution in [3.63, 3.8) is 0 Å². The largest absolute Gasteiger partial charge is 0.367 e. The fourth-order valence-corrected chi connectivity index (χ4v) is 27.4. The van der Waals surface area contributed by atoms with Crippen molar-refractivity contribution in [1.29, 1.82) is 0 Å². The van der Waals surface area contributed by atoms with Crippen LogP contribution in [0.1, 0.15) is 64.2 Å². The molecule has 0 bridgehead atoms. The van der Waals surface area contributed by atoms with Gasteiger partial charge in [-0.15, -0.1) is 0 Å². The minimum atomic E-state index is -2.74. The lowest BCUT2D eigenvalue weighted by atomic mass is 9.95. The smallest absolute Gasteiger partial charge is 0.171 e. The molecule has 0 spiro atoms. The number of nitrogens with one attached hydrogen (secondary N) is 2. The molecule has 2 aliphatic rings. The molecule has 6 rings (SSSR count). The molecule has 2 fully saturated rings. The van der Waals surface area contributed by atoms with Crippen molar-refractivity contribution < 1.29 is 0 Å². The van der Waals surface area contributed by atoms with Gasteiger partial charge in [-0.25, -0.2) is 0 Å². The number of hydrogen-bond acceptors (Lipinski definition) is 3. The summed E-state index contributed by atoms with van der Waals surface area (Å²) in [7, 11) is -9.56. The average Bonchev–Trinajstić information content (AvgIpc) is 3.15. The van der Waals surface area contributed by atoms with Crippen molar-refractivity contribution in [2.75, 3.05) is 0 Å². The van der Waals surface area contributed by atoms with Gasteiger partial charge in [-0.1, -0.05) is 199 Å². The van der Waals surface area contributed by atoms with Gasteiger partial charge in [-0.05, 0) is 46.9 Å². The summed E-state index contributed by atoms with van der Waals surface area (Å²) >= 11 is 0. The summed E-state index contributed by atoms with van der Waals surface area (Å²) in [6, 6.07) is 46.6. The molecule has 0 saturated heterocycles. The van der Waals surface area contributed by atoms with Crippen molar-refractivity contribution in [3.8, 4) is 0 Å². The summed E-state index contributed by atoms with van der Waals surface area (Å²) in [6.45, 7) is 14.8. The Labute approximate surface area is 317 Å². The minimum Gasteiger partial charge on any atom is -0.367 e. The van der Waals surface area contributed by atoms with E-state index in [4.69, 9.17) is 9.40 Å². The minimum absolute atomic E-state index is 0.301. The summed E-state index contributed by atoms with van der Waals surface area (Å²) in [5.41, 5.74) is 0. The maximum atomic E-state index is 6.43. The van der Waals surface area contributed by atoms with E-state index in [1.54, 1.807) is 0 Å². The number of aliphatic imine (C=N–C) groups is 1. The normalized spacial score (nSPS) is 17.1. The van der Waals surface area contributed by atoms with E-state index in [9.17, 15) is 0 Å². The summed E-state index contributed by atoms with van der Waals surface area (Å²) in [5, 5.41) is 11.2. The number of nitrogens with zero attached hydrogens (tertiary/aromatic N) is 2. The van der Waals surface area contributed by atoms with E-state index in [1.807, 2.05) is 0 Å². The average molecular weight is 765 g/mol. The van der Waals surface area contributed by atoms with Crippen molar-refractivity contribution in [3.05, 3.63) is 121 Å². The molecule has 0 unspecified atom stereocenters. The number of benzene rings is 4. The lowest BCUT2D eigenvalue weighted by molar-refractivity contribution is 0.410. The Morgan fingerprint density at radius 3 is 1.35 bits per heavy atom. The van der Waals surface area contributed by atoms with E-state index < -0.39 is 30.6 Å². The zero-order chi connectivity index (χ0) is 36.7. The van der Waals surface area contributed by atoms with Gasteiger partial charge in [0.05, 0.1) is 11.1 Å². The topological polar surface area (TPSA) is 48.8 Å². The Morgan fingerprint density at radius 1 is 0.538 bits per heavy atom. The molecule has 2 aliphatic carbocycles. The lowest BCUT2D eigenvalue weighted by Crippen LogP contribution is -2.51. The molecule has 4 aromatic rings. The highest BCUT2D eigenvalue weighted by atomic mass is 31.2. The monoisotopic (exact) mass is 764 g/mol. The predicted molar refractivity (Wildman–Crippen MR) is 240 cm³/mol. The second kappa shape index (κ2) is 17.2. The highest BCUT2D eigenvalue weighted by Crippen LogP contribution is 2.61. The van der Waals surface area contributed by atoms with Gasteiger partial charge in [0.1, 0.15) is 14.1 Å². The molecule has 52 heavy (non-hydrogen) atoms. The Morgan fingerprint density at radius 2 is 0.942 bits per heavy atom. The Kier molecular flexibility index (Phi) is 12.9. The molecule has 2 saturated carbocycles. The zero-order valence-electron chi connectivity index (χ0n) is 32.6. The highest BCUT2D eigenvalue weighted by Gasteiger charge is 2.44. The molecule has 0 atom stereocenters. The quantitative estimate of drug-likeness (QED) is 0.0692. The van der Waals surface area contributed by atoms with Crippen LogP contribution in [0.3, 0.4) is 0 Å². The molecule has 0 amide bonds. The summed E-state index contributed by atoms with van der Waals surface area (Å²) < 4.78 is 11.1. The van der Waals surface area contributed by atoms with Gasteiger partial charge in [0, 0.05) is 20.1 Å². The molecule has 8 heteroatoms. The number of amidine groups is 1. The fraction of sp³-hybridized carbons (Fsp3) is 0.409. The van der Waals surface area contributed by atoms with Crippen LogP contribution >= 0.6 is 14.1 Å². The van der Waals surface area contributed by atoms with Crippen LogP contribution in [-0.2, 0) is 0 Å². The van der Waals surface area contributed by atoms with Crippen molar-refractivity contribution >= 4 is 62.7 Å². The summed E-state index contributed by atoms with van der Waals surface area (Å²) in [5.74, 6) is 1.15. The number of hydrogen-bond donors (Lipinski definition) is 2. The van der Waals surface area contributed by atoms with Gasteiger partial charge in [0.25, 0.3) is 0 Å². The molecular weight excluding hydrogens is 703 g/mol. The van der Waals surface area contributed by atoms with Gasteiger partial charge >= 0.3 is 0 Å². The van der Waals surface area contributed by atoms with Crippen molar-refractivity contribution in [2.45, 2.75) is 116 Å². The van der Waals surface area contributed by atoms with Crippen LogP contribution in [0, 0.1) is 0 Å². The Balaban J connectivity index is 1.95. The predicted octanol–water partition coefficient (Wildman–Crippen LogP) is 10.5. The molecule has 276 valence electrons. The van der Waals surface area contributed by atoms with E-state index in [2.05, 4.69) is 171 Å². The molecule has 0 radical (unpaired) electrons. The molecule has 0 aromatic heterocycles. The molecule has 4 aromatic carbocycles. The molecule has 0 aliphatic heterocycles. The van der Waals surface area contributed by atoms with Crippen LogP contribution in [0.5, 0.6) is 0 Å². The summed E-state index contributed by atoms with van der Waals surface area (Å²) in [6.07, 6.45) is 12.4. The van der Waals surface area contributed by atoms with Crippen LogP contribution in [0.2, 0.25) is 39.3 Å². The first-order valence-electron chi connectivity index (χ1n) is 19.8. The lowest BCUT2D eigenvalue weighted by Gasteiger charge is -2.44. The van der Waals surface area contributed by atoms with E-state index in [-0.39, 0.29) is 0 Å². The van der Waals surface area contributed by atoms with E-state index in [1.165, 1.54) is 77.6 Å². The first kappa shape index (κ1) is 39.0. The number of rotatable bonds is 11. The van der Waals surface area contributed by atoms with Crippen LogP contribution in [-0.4, -0.2) is 39.4 Å². The van der Waals surface area contributed by atoms with Crippen molar-refractivity contribution in [1.82, 2.24) is 10.1 Å². The molecule has 4 nitrogen and oxygen atoms in total. The van der Waals surface area contributed by atoms with Crippen LogP contribution in [0.25, 0.3) is 0 Å². The van der Waals surface area contributed by atoms with Crippen LogP contribution < -0.4 is 31.3 Å². The van der Waals surface area contributed by atoms with Gasteiger partial charge in [-0.2, -0.15) is 0 Å². The Hall–Kier alpha value is -2.73. The van der Waals surface area contributed by atoms with Crippen molar-refractivity contribution in [2.24, 2.45) is 9.40 Å². The van der Waals surface area contributed by atoms with Crippen LogP contribution in [0.4, 0.5) is 0 Å². The van der Waals surface area contributed by atoms with Crippen LogP contribution in [0.15, 0.2) is 131 Å². The second-order valence-corrected chi connectivity index (χ2v) is 33.3. The molecule has 2 N–H and O–H groups in total. The van der Waals surface area contributed by atoms with E-state index >= 15 is 0 Å². The maximum Gasteiger partial charge on any atom is 0.171 e. The van der Waals surface area contributed by atoms with E-state index in [0.29, 0.717) is 12.1 Å². The highest BCUT2D eigenvalue weighted by molar-refractivity contribution is 8.13. The van der Waals surface area contributed by atoms with E-state index in [0.717, 1.165) is 18.7 Å². The van der Waals surface area contributed by atoms with Gasteiger partial charge in [0.2, 0.25) is 0 Å². The van der Waals surface area contributed by atoms with Gasteiger partial charge in [-0.3, -0.25) is 4.99 Å². The third kappa shape index (κ3) is 9.13. The first-order valence-corrected chi connectivity index (χ1v) is 30.3. The second-order valence-electron chi connectivity index (χ2n) is 16.9. The third-order valence-corrected chi connectivity index (χ3v) is 25.5. The maximum absolute atomic E-state index is 6.43. The SMILES string of the molecule is C[Si](C)(C)N=P(C(C(=NC1CCCCC1)NC1CCCCC1)=P(N[Si](C)(C)C)(c1ccccc1)c1ccccc1)(c1ccccc1)c1ccccc1. The fourth-order valence-electron chi connectivity index (χ4n) is 8.20. The zero-order valence-corrected chi connectivity index (χ0v) is 36.4. The standard InChI is InChI=1S/C44H62N4P2Si2/c1-51(2,3)47-49(39-29-17-9-18-30-39,40-31-19-10-20-32-40)44(43(45-37-25-13-7-14-26-37)46-38-27-15-8-16-28-38)50(48-52(4,5)6,41-33-21-11-22-34-41)42-35-23-12-24-36-42/h9-12,17-24,29-38,47H,7-8,13-16,25-28H2,1-6H3,(H,45,46). The Bertz CT molecular complexity index is 1780. The third-order valence-electron chi connectivity index (χ3n) is 10.2. The summed E-state index contributed by atoms with van der Waals surface area (Å²) in [4.78, 5) is 6.08. The first-order chi connectivity index (χ1) is 25.0. The molecule has 0 heterocycles. The van der Waals surface area contributed by atoms with Gasteiger partial charge in [0.15, 0.2) is 8.24 Å².